The molecule has 0 aliphatic carbocycles. The Morgan fingerprint density at radius 2 is 2.04 bits per heavy atom. The number of pyridine rings is 1. The summed E-state index contributed by atoms with van der Waals surface area (Å²) in [6.07, 6.45) is 3.09. The summed E-state index contributed by atoms with van der Waals surface area (Å²) < 4.78 is 27.1. The number of sulfonamides is 1. The van der Waals surface area contributed by atoms with Crippen molar-refractivity contribution in [3.8, 4) is 0 Å². The maximum Gasteiger partial charge on any atom is 0.245 e. The van der Waals surface area contributed by atoms with Gasteiger partial charge in [0.05, 0.1) is 6.54 Å². The molecule has 10 heteroatoms. The standard InChI is InChI=1S/C14H19N5O3S.ClH/c1-15-10-13(20)18-5-7-19(8-6-18)23(21,22)12-9-17-14-11(12)3-2-4-16-14;/h2-4,9,15H,5-8,10H2,1H3,(H,16,17);1H. The number of aromatic amines is 1. The SMILES string of the molecule is CNCC(=O)N1CCN(S(=O)(=O)c2c[nH]c3ncccc23)CC1.Cl. The van der Waals surface area contributed by atoms with E-state index in [1.54, 1.807) is 30.3 Å². The quantitative estimate of drug-likeness (QED) is 0.788. The van der Waals surface area contributed by atoms with E-state index in [9.17, 15) is 13.2 Å². The predicted octanol–water partition coefficient (Wildman–Crippen LogP) is 0.0370. The van der Waals surface area contributed by atoms with Gasteiger partial charge in [0.2, 0.25) is 15.9 Å². The lowest BCUT2D eigenvalue weighted by Crippen LogP contribution is -2.52. The van der Waals surface area contributed by atoms with Gasteiger partial charge in [0.1, 0.15) is 10.5 Å². The number of hydrogen-bond acceptors (Lipinski definition) is 5. The summed E-state index contributed by atoms with van der Waals surface area (Å²) in [7, 11) is -1.89. The van der Waals surface area contributed by atoms with E-state index in [1.807, 2.05) is 0 Å². The van der Waals surface area contributed by atoms with Crippen LogP contribution in [0.2, 0.25) is 0 Å². The van der Waals surface area contributed by atoms with Crippen molar-refractivity contribution < 1.29 is 13.2 Å². The first-order valence-electron chi connectivity index (χ1n) is 7.38. The van der Waals surface area contributed by atoms with Crippen molar-refractivity contribution >= 4 is 39.4 Å². The fourth-order valence-electron chi connectivity index (χ4n) is 2.72. The Morgan fingerprint density at radius 3 is 2.71 bits per heavy atom. The third-order valence-electron chi connectivity index (χ3n) is 3.95. The third-order valence-corrected chi connectivity index (χ3v) is 5.89. The Bertz CT molecular complexity index is 815. The number of carbonyl (C=O) groups is 1. The second kappa shape index (κ2) is 7.47. The molecule has 0 unspecified atom stereocenters. The largest absolute Gasteiger partial charge is 0.345 e. The summed E-state index contributed by atoms with van der Waals surface area (Å²) in [6, 6.07) is 3.45. The van der Waals surface area contributed by atoms with Gasteiger partial charge in [0, 0.05) is 44.0 Å². The molecule has 132 valence electrons. The first-order chi connectivity index (χ1) is 11.0. The Kier molecular flexibility index (Phi) is 5.81. The number of hydrogen-bond donors (Lipinski definition) is 2. The smallest absolute Gasteiger partial charge is 0.245 e. The molecule has 0 spiro atoms. The maximum atomic E-state index is 12.8. The van der Waals surface area contributed by atoms with Crippen molar-refractivity contribution in [1.29, 1.82) is 0 Å². The topological polar surface area (TPSA) is 98.4 Å². The van der Waals surface area contributed by atoms with Crippen molar-refractivity contribution in [2.75, 3.05) is 39.8 Å². The van der Waals surface area contributed by atoms with Crippen LogP contribution in [0.25, 0.3) is 11.0 Å². The average Bonchev–Trinajstić information content (AvgIpc) is 3.00. The number of likely N-dealkylation sites (N-methyl/N-ethyl adjacent to an activating group) is 1. The van der Waals surface area contributed by atoms with E-state index in [0.29, 0.717) is 37.2 Å². The molecule has 3 heterocycles. The number of amides is 1. The van der Waals surface area contributed by atoms with Gasteiger partial charge in [0.15, 0.2) is 0 Å². The molecule has 1 amide bonds. The van der Waals surface area contributed by atoms with Gasteiger partial charge in [-0.15, -0.1) is 12.4 Å². The van der Waals surface area contributed by atoms with E-state index in [-0.39, 0.29) is 29.8 Å². The van der Waals surface area contributed by atoms with E-state index in [4.69, 9.17) is 0 Å². The number of carbonyl (C=O) groups excluding carboxylic acids is 1. The summed E-state index contributed by atoms with van der Waals surface area (Å²) in [5, 5.41) is 3.40. The molecule has 0 saturated carbocycles. The average molecular weight is 374 g/mol. The fraction of sp³-hybridized carbons (Fsp3) is 0.429. The highest BCUT2D eigenvalue weighted by Crippen LogP contribution is 2.25. The van der Waals surface area contributed by atoms with Crippen molar-refractivity contribution in [3.05, 3.63) is 24.5 Å². The molecule has 2 aromatic rings. The van der Waals surface area contributed by atoms with Crippen molar-refractivity contribution in [2.45, 2.75) is 4.90 Å². The van der Waals surface area contributed by atoms with Crippen LogP contribution in [0.1, 0.15) is 0 Å². The van der Waals surface area contributed by atoms with E-state index < -0.39 is 10.0 Å². The van der Waals surface area contributed by atoms with Gasteiger partial charge in [-0.25, -0.2) is 13.4 Å². The molecule has 24 heavy (non-hydrogen) atoms. The van der Waals surface area contributed by atoms with Gasteiger partial charge >= 0.3 is 0 Å². The lowest BCUT2D eigenvalue weighted by atomic mass is 10.3. The van der Waals surface area contributed by atoms with Crippen LogP contribution >= 0.6 is 12.4 Å². The molecule has 8 nitrogen and oxygen atoms in total. The lowest BCUT2D eigenvalue weighted by Gasteiger charge is -2.33. The molecule has 0 atom stereocenters. The Balaban J connectivity index is 0.00000208. The van der Waals surface area contributed by atoms with Gasteiger partial charge in [-0.3, -0.25) is 4.79 Å². The molecule has 3 rings (SSSR count). The lowest BCUT2D eigenvalue weighted by molar-refractivity contribution is -0.131. The van der Waals surface area contributed by atoms with E-state index in [0.717, 1.165) is 0 Å². The summed E-state index contributed by atoms with van der Waals surface area (Å²) in [5.41, 5.74) is 0.550. The molecule has 0 radical (unpaired) electrons. The van der Waals surface area contributed by atoms with Crippen LogP contribution in [-0.2, 0) is 14.8 Å². The van der Waals surface area contributed by atoms with E-state index >= 15 is 0 Å². The number of H-pyrrole nitrogens is 1. The summed E-state index contributed by atoms with van der Waals surface area (Å²) in [6.45, 7) is 1.66. The molecule has 0 aromatic carbocycles. The minimum absolute atomic E-state index is 0. The number of nitrogens with one attached hydrogen (secondary N) is 2. The van der Waals surface area contributed by atoms with Crippen LogP contribution < -0.4 is 5.32 Å². The number of rotatable bonds is 4. The minimum Gasteiger partial charge on any atom is -0.345 e. The highest BCUT2D eigenvalue weighted by atomic mass is 35.5. The zero-order chi connectivity index (χ0) is 16.4. The molecule has 2 aromatic heterocycles. The number of nitrogens with zero attached hydrogens (tertiary/aromatic N) is 3. The molecule has 1 aliphatic heterocycles. The van der Waals surface area contributed by atoms with E-state index in [1.165, 1.54) is 10.5 Å². The Morgan fingerprint density at radius 1 is 1.33 bits per heavy atom. The minimum atomic E-state index is -3.60. The van der Waals surface area contributed by atoms with Crippen LogP contribution in [0, 0.1) is 0 Å². The maximum absolute atomic E-state index is 12.8. The Labute approximate surface area is 146 Å². The van der Waals surface area contributed by atoms with Crippen LogP contribution in [0.3, 0.4) is 0 Å². The number of piperazine rings is 1. The van der Waals surface area contributed by atoms with Crippen molar-refractivity contribution in [1.82, 2.24) is 24.5 Å². The molecule has 2 N–H and O–H groups in total. The van der Waals surface area contributed by atoms with Crippen molar-refractivity contribution in [3.63, 3.8) is 0 Å². The third kappa shape index (κ3) is 3.39. The zero-order valence-electron chi connectivity index (χ0n) is 13.2. The fourth-order valence-corrected chi connectivity index (χ4v) is 4.30. The first kappa shape index (κ1) is 18.7. The van der Waals surface area contributed by atoms with Gasteiger partial charge in [-0.2, -0.15) is 4.31 Å². The second-order valence-corrected chi connectivity index (χ2v) is 7.27. The molecular formula is C14H20ClN5O3S. The second-order valence-electron chi connectivity index (χ2n) is 5.37. The van der Waals surface area contributed by atoms with Gasteiger partial charge in [-0.05, 0) is 19.2 Å². The Hall–Kier alpha value is -1.68. The molecule has 0 bridgehead atoms. The molecule has 1 fully saturated rings. The van der Waals surface area contributed by atoms with E-state index in [2.05, 4.69) is 15.3 Å². The first-order valence-corrected chi connectivity index (χ1v) is 8.82. The highest BCUT2D eigenvalue weighted by Gasteiger charge is 2.31. The normalized spacial score (nSPS) is 16.1. The summed E-state index contributed by atoms with van der Waals surface area (Å²) in [5.74, 6) is -0.0131. The summed E-state index contributed by atoms with van der Waals surface area (Å²) >= 11 is 0. The number of aromatic nitrogens is 2. The molecular weight excluding hydrogens is 354 g/mol. The van der Waals surface area contributed by atoms with Crippen LogP contribution in [0.5, 0.6) is 0 Å². The predicted molar refractivity (Wildman–Crippen MR) is 92.6 cm³/mol. The molecule has 1 aliphatic rings. The summed E-state index contributed by atoms with van der Waals surface area (Å²) in [4.78, 5) is 20.8. The highest BCUT2D eigenvalue weighted by molar-refractivity contribution is 7.89. The number of fused-ring (bicyclic) bond motifs is 1. The van der Waals surface area contributed by atoms with Crippen LogP contribution in [-0.4, -0.2) is 73.3 Å². The van der Waals surface area contributed by atoms with Gasteiger partial charge in [-0.1, -0.05) is 0 Å². The van der Waals surface area contributed by atoms with Crippen molar-refractivity contribution in [2.24, 2.45) is 0 Å². The van der Waals surface area contributed by atoms with Gasteiger partial charge in [0.25, 0.3) is 0 Å². The van der Waals surface area contributed by atoms with Crippen LogP contribution in [0.4, 0.5) is 0 Å². The monoisotopic (exact) mass is 373 g/mol. The molecule has 1 saturated heterocycles. The van der Waals surface area contributed by atoms with Crippen LogP contribution in [0.15, 0.2) is 29.4 Å². The van der Waals surface area contributed by atoms with Gasteiger partial charge < -0.3 is 15.2 Å². The number of halogens is 1. The zero-order valence-corrected chi connectivity index (χ0v) is 14.9.